The van der Waals surface area contributed by atoms with Crippen molar-refractivity contribution in [2.45, 2.75) is 0 Å². The van der Waals surface area contributed by atoms with Crippen molar-refractivity contribution in [1.29, 1.82) is 0 Å². The van der Waals surface area contributed by atoms with E-state index in [-0.39, 0.29) is 9.52 Å². The summed E-state index contributed by atoms with van der Waals surface area (Å²) in [7, 11) is 0. The molecule has 16 heavy (non-hydrogen) atoms. The fourth-order valence-electron chi connectivity index (χ4n) is 0.898. The van der Waals surface area contributed by atoms with Crippen LogP contribution in [0.25, 0.3) is 0 Å². The molecule has 0 heterocycles. The van der Waals surface area contributed by atoms with Crippen molar-refractivity contribution in [3.05, 3.63) is 37.8 Å². The van der Waals surface area contributed by atoms with Crippen molar-refractivity contribution in [3.63, 3.8) is 0 Å². The van der Waals surface area contributed by atoms with Gasteiger partial charge in [-0.05, 0) is 18.2 Å². The normalized spacial score (nSPS) is 9.81. The standard InChI is InChI=1S/C9H4Cl5NO/c10-4-1-5(11)3-6(2-4)15-9(16)7(12)8(13)14/h1-3H,(H,15,16). The van der Waals surface area contributed by atoms with Gasteiger partial charge in [0.05, 0.1) is 0 Å². The highest BCUT2D eigenvalue weighted by molar-refractivity contribution is 6.63. The molecule has 1 aromatic rings. The van der Waals surface area contributed by atoms with Crippen LogP contribution in [0.2, 0.25) is 10.0 Å². The van der Waals surface area contributed by atoms with Gasteiger partial charge in [-0.15, -0.1) is 0 Å². The van der Waals surface area contributed by atoms with Gasteiger partial charge < -0.3 is 5.32 Å². The second-order valence-electron chi connectivity index (χ2n) is 2.69. The molecule has 1 N–H and O–H groups in total. The summed E-state index contributed by atoms with van der Waals surface area (Å²) < 4.78 is -0.313. The van der Waals surface area contributed by atoms with Crippen molar-refractivity contribution in [3.8, 4) is 0 Å². The van der Waals surface area contributed by atoms with Crippen LogP contribution < -0.4 is 5.32 Å². The Morgan fingerprint density at radius 2 is 1.50 bits per heavy atom. The summed E-state index contributed by atoms with van der Waals surface area (Å²) in [6.45, 7) is 0. The summed E-state index contributed by atoms with van der Waals surface area (Å²) in [5.74, 6) is -0.639. The summed E-state index contributed by atoms with van der Waals surface area (Å²) in [6, 6.07) is 4.56. The summed E-state index contributed by atoms with van der Waals surface area (Å²) >= 11 is 27.7. The molecule has 0 fully saturated rings. The molecule has 1 aromatic carbocycles. The lowest BCUT2D eigenvalue weighted by molar-refractivity contribution is -0.112. The minimum atomic E-state index is -0.639. The SMILES string of the molecule is O=C(Nc1cc(Cl)cc(Cl)c1)C(Cl)=C(Cl)Cl. The molecule has 0 aliphatic carbocycles. The Kier molecular flexibility index (Phi) is 5.22. The van der Waals surface area contributed by atoms with E-state index in [2.05, 4.69) is 5.32 Å². The molecule has 7 heteroatoms. The number of hydrogen-bond donors (Lipinski definition) is 1. The highest BCUT2D eigenvalue weighted by Gasteiger charge is 2.11. The topological polar surface area (TPSA) is 29.1 Å². The first-order valence-electron chi connectivity index (χ1n) is 3.88. The number of halogens is 5. The summed E-state index contributed by atoms with van der Waals surface area (Å²) in [5, 5.41) is 2.91. The molecule has 0 aromatic heterocycles. The Balaban J connectivity index is 2.90. The molecule has 1 rings (SSSR count). The fraction of sp³-hybridized carbons (Fsp3) is 0. The van der Waals surface area contributed by atoms with E-state index in [9.17, 15) is 4.79 Å². The van der Waals surface area contributed by atoms with Crippen molar-refractivity contribution >= 4 is 69.6 Å². The first-order valence-corrected chi connectivity index (χ1v) is 5.77. The van der Waals surface area contributed by atoms with Gasteiger partial charge in [0.15, 0.2) is 0 Å². The van der Waals surface area contributed by atoms with Gasteiger partial charge in [-0.25, -0.2) is 0 Å². The Bertz CT molecular complexity index is 433. The van der Waals surface area contributed by atoms with Crippen LogP contribution in [0.1, 0.15) is 0 Å². The van der Waals surface area contributed by atoms with Crippen LogP contribution in [0.4, 0.5) is 5.69 Å². The van der Waals surface area contributed by atoms with Gasteiger partial charge in [-0.3, -0.25) is 4.79 Å². The maximum atomic E-state index is 11.4. The van der Waals surface area contributed by atoms with E-state index >= 15 is 0 Å². The third-order valence-electron chi connectivity index (χ3n) is 1.49. The van der Waals surface area contributed by atoms with E-state index in [0.717, 1.165) is 0 Å². The van der Waals surface area contributed by atoms with Crippen LogP contribution in [0.3, 0.4) is 0 Å². The van der Waals surface area contributed by atoms with Crippen LogP contribution in [-0.4, -0.2) is 5.91 Å². The molecule has 0 spiro atoms. The Hall–Kier alpha value is -0.120. The van der Waals surface area contributed by atoms with Gasteiger partial charge in [0.2, 0.25) is 0 Å². The fourth-order valence-corrected chi connectivity index (χ4v) is 1.64. The number of amides is 1. The molecular formula is C9H4Cl5NO. The van der Waals surface area contributed by atoms with Crippen molar-refractivity contribution < 1.29 is 4.79 Å². The Labute approximate surface area is 117 Å². The average molecular weight is 319 g/mol. The number of benzene rings is 1. The lowest BCUT2D eigenvalue weighted by atomic mass is 10.3. The second kappa shape index (κ2) is 5.99. The predicted octanol–water partition coefficient (Wildman–Crippen LogP) is 4.82. The number of carbonyl (C=O) groups excluding carboxylic acids is 1. The van der Waals surface area contributed by atoms with E-state index < -0.39 is 5.91 Å². The second-order valence-corrected chi connectivity index (χ2v) is 4.89. The minimum Gasteiger partial charge on any atom is -0.321 e. The number of carbonyl (C=O) groups is 1. The molecule has 0 atom stereocenters. The van der Waals surface area contributed by atoms with Gasteiger partial charge in [0, 0.05) is 15.7 Å². The molecule has 2 nitrogen and oxygen atoms in total. The molecule has 0 unspecified atom stereocenters. The van der Waals surface area contributed by atoms with Gasteiger partial charge >= 0.3 is 0 Å². The summed E-state index contributed by atoms with van der Waals surface area (Å²) in [6.07, 6.45) is 0. The highest BCUT2D eigenvalue weighted by Crippen LogP contribution is 2.24. The molecule has 0 saturated heterocycles. The van der Waals surface area contributed by atoms with Gasteiger partial charge in [0.1, 0.15) is 9.52 Å². The van der Waals surface area contributed by atoms with Gasteiger partial charge in [-0.2, -0.15) is 0 Å². The highest BCUT2D eigenvalue weighted by atomic mass is 35.5. The number of nitrogens with one attached hydrogen (secondary N) is 1. The average Bonchev–Trinajstić information content (AvgIpc) is 2.14. The number of rotatable bonds is 2. The quantitative estimate of drug-likeness (QED) is 0.778. The van der Waals surface area contributed by atoms with E-state index in [1.54, 1.807) is 0 Å². The van der Waals surface area contributed by atoms with Crippen molar-refractivity contribution in [2.24, 2.45) is 0 Å². The van der Waals surface area contributed by atoms with Crippen molar-refractivity contribution in [2.75, 3.05) is 5.32 Å². The first-order chi connectivity index (χ1) is 7.40. The van der Waals surface area contributed by atoms with Crippen LogP contribution in [0, 0.1) is 0 Å². The van der Waals surface area contributed by atoms with E-state index in [1.165, 1.54) is 18.2 Å². The summed E-state index contributed by atoms with van der Waals surface area (Å²) in [4.78, 5) is 11.4. The van der Waals surface area contributed by atoms with Gasteiger partial charge in [0.25, 0.3) is 5.91 Å². The number of anilines is 1. The van der Waals surface area contributed by atoms with Gasteiger partial charge in [-0.1, -0.05) is 58.0 Å². The zero-order valence-electron chi connectivity index (χ0n) is 7.53. The van der Waals surface area contributed by atoms with E-state index in [0.29, 0.717) is 15.7 Å². The molecule has 86 valence electrons. The van der Waals surface area contributed by atoms with Crippen LogP contribution >= 0.6 is 58.0 Å². The third-order valence-corrected chi connectivity index (χ3v) is 2.85. The van der Waals surface area contributed by atoms with E-state index in [4.69, 9.17) is 58.0 Å². The minimum absolute atomic E-state index is 0.306. The number of hydrogen-bond acceptors (Lipinski definition) is 1. The summed E-state index contributed by atoms with van der Waals surface area (Å²) in [5.41, 5.74) is 0.398. The van der Waals surface area contributed by atoms with Crippen LogP contribution in [0.15, 0.2) is 27.7 Å². The predicted molar refractivity (Wildman–Crippen MR) is 69.7 cm³/mol. The Morgan fingerprint density at radius 3 is 1.94 bits per heavy atom. The smallest absolute Gasteiger partial charge is 0.269 e. The molecule has 0 saturated carbocycles. The third kappa shape index (κ3) is 4.04. The molecule has 0 aliphatic rings. The van der Waals surface area contributed by atoms with Crippen molar-refractivity contribution in [1.82, 2.24) is 0 Å². The largest absolute Gasteiger partial charge is 0.321 e. The maximum absolute atomic E-state index is 11.4. The molecule has 1 amide bonds. The monoisotopic (exact) mass is 317 g/mol. The van der Waals surface area contributed by atoms with E-state index in [1.807, 2.05) is 0 Å². The molecular weight excluding hydrogens is 315 g/mol. The molecule has 0 aliphatic heterocycles. The maximum Gasteiger partial charge on any atom is 0.269 e. The molecule has 0 bridgehead atoms. The lowest BCUT2D eigenvalue weighted by Crippen LogP contribution is -2.11. The lowest BCUT2D eigenvalue weighted by Gasteiger charge is -2.05. The van der Waals surface area contributed by atoms with Crippen LogP contribution in [-0.2, 0) is 4.79 Å². The zero-order valence-corrected chi connectivity index (χ0v) is 11.3. The Morgan fingerprint density at radius 1 is 1.00 bits per heavy atom. The molecule has 0 radical (unpaired) electrons. The zero-order chi connectivity index (χ0) is 12.3. The first kappa shape index (κ1) is 13.9. The van der Waals surface area contributed by atoms with Crippen LogP contribution in [0.5, 0.6) is 0 Å².